The lowest BCUT2D eigenvalue weighted by molar-refractivity contribution is -0.123. The fraction of sp³-hybridized carbons (Fsp3) is 0.364. The van der Waals surface area contributed by atoms with Crippen LogP contribution in [0.3, 0.4) is 0 Å². The molecule has 15 heavy (non-hydrogen) atoms. The Bertz CT molecular complexity index is 363. The van der Waals surface area contributed by atoms with E-state index < -0.39 is 5.54 Å². The number of nitrogens with one attached hydrogen (secondary N) is 1. The van der Waals surface area contributed by atoms with E-state index in [1.807, 2.05) is 24.3 Å². The number of hydrogen-bond donors (Lipinski definition) is 2. The van der Waals surface area contributed by atoms with Crippen LogP contribution in [0.4, 0.5) is 0 Å². The Morgan fingerprint density at radius 3 is 2.73 bits per heavy atom. The Labute approximate surface area is 94.6 Å². The van der Waals surface area contributed by atoms with Crippen molar-refractivity contribution in [2.45, 2.75) is 25.9 Å². The molecule has 0 radical (unpaired) electrons. The molecule has 0 heterocycles. The summed E-state index contributed by atoms with van der Waals surface area (Å²) in [5.74, 6) is -0.371. The van der Waals surface area contributed by atoms with E-state index in [1.54, 1.807) is 13.8 Å². The van der Waals surface area contributed by atoms with Crippen molar-refractivity contribution in [2.24, 2.45) is 5.73 Å². The van der Waals surface area contributed by atoms with Crippen molar-refractivity contribution in [1.82, 2.24) is 5.32 Å². The van der Waals surface area contributed by atoms with Crippen molar-refractivity contribution in [3.8, 4) is 0 Å². The van der Waals surface area contributed by atoms with Gasteiger partial charge in [0.15, 0.2) is 0 Å². The van der Waals surface area contributed by atoms with Gasteiger partial charge in [-0.1, -0.05) is 23.7 Å². The number of amides is 1. The molecule has 4 heteroatoms. The molecule has 1 rings (SSSR count). The van der Waals surface area contributed by atoms with Crippen molar-refractivity contribution < 1.29 is 4.79 Å². The molecule has 1 aromatic carbocycles. The fourth-order valence-corrected chi connectivity index (χ4v) is 1.27. The zero-order valence-corrected chi connectivity index (χ0v) is 9.64. The molecular weight excluding hydrogens is 212 g/mol. The van der Waals surface area contributed by atoms with Crippen LogP contribution in [-0.4, -0.2) is 11.4 Å². The summed E-state index contributed by atoms with van der Waals surface area (Å²) in [4.78, 5) is 11.0. The lowest BCUT2D eigenvalue weighted by Gasteiger charge is -2.22. The molecule has 0 spiro atoms. The third-order valence-corrected chi connectivity index (χ3v) is 2.47. The van der Waals surface area contributed by atoms with Gasteiger partial charge in [0, 0.05) is 11.6 Å². The average molecular weight is 227 g/mol. The summed E-state index contributed by atoms with van der Waals surface area (Å²) in [6.45, 7) is 4.07. The van der Waals surface area contributed by atoms with Crippen LogP contribution in [0.5, 0.6) is 0 Å². The lowest BCUT2D eigenvalue weighted by atomic mass is 10.0. The van der Waals surface area contributed by atoms with E-state index in [4.69, 9.17) is 17.3 Å². The van der Waals surface area contributed by atoms with Gasteiger partial charge < -0.3 is 5.73 Å². The van der Waals surface area contributed by atoms with E-state index in [2.05, 4.69) is 5.32 Å². The van der Waals surface area contributed by atoms with E-state index in [-0.39, 0.29) is 5.91 Å². The maximum absolute atomic E-state index is 11.0. The second kappa shape index (κ2) is 4.64. The van der Waals surface area contributed by atoms with Gasteiger partial charge in [-0.3, -0.25) is 10.1 Å². The molecule has 0 fully saturated rings. The van der Waals surface area contributed by atoms with Gasteiger partial charge in [0.05, 0.1) is 5.54 Å². The van der Waals surface area contributed by atoms with Crippen LogP contribution in [0.15, 0.2) is 24.3 Å². The average Bonchev–Trinajstić information content (AvgIpc) is 2.15. The molecule has 3 N–H and O–H groups in total. The second-order valence-corrected chi connectivity index (χ2v) is 4.41. The van der Waals surface area contributed by atoms with E-state index in [9.17, 15) is 4.79 Å². The largest absolute Gasteiger partial charge is 0.368 e. The Morgan fingerprint density at radius 1 is 1.53 bits per heavy atom. The quantitative estimate of drug-likeness (QED) is 0.821. The monoisotopic (exact) mass is 226 g/mol. The maximum atomic E-state index is 11.0. The summed E-state index contributed by atoms with van der Waals surface area (Å²) in [6, 6.07) is 7.47. The SMILES string of the molecule is CC(C)(NCc1cccc(Cl)c1)C(N)=O. The lowest BCUT2D eigenvalue weighted by Crippen LogP contribution is -2.50. The number of carbonyl (C=O) groups excluding carboxylic acids is 1. The number of hydrogen-bond acceptors (Lipinski definition) is 2. The van der Waals surface area contributed by atoms with E-state index in [1.165, 1.54) is 0 Å². The van der Waals surface area contributed by atoms with Gasteiger partial charge in [-0.2, -0.15) is 0 Å². The molecule has 0 aromatic heterocycles. The molecule has 0 aliphatic carbocycles. The zero-order chi connectivity index (χ0) is 11.5. The van der Waals surface area contributed by atoms with Gasteiger partial charge in [-0.15, -0.1) is 0 Å². The highest BCUT2D eigenvalue weighted by atomic mass is 35.5. The van der Waals surface area contributed by atoms with Crippen LogP contribution in [0, 0.1) is 0 Å². The Hall–Kier alpha value is -1.06. The van der Waals surface area contributed by atoms with Crippen LogP contribution in [0.25, 0.3) is 0 Å². The van der Waals surface area contributed by atoms with Crippen LogP contribution in [0.1, 0.15) is 19.4 Å². The number of primary amides is 1. The summed E-state index contributed by atoms with van der Waals surface area (Å²) in [7, 11) is 0. The minimum atomic E-state index is -0.706. The van der Waals surface area contributed by atoms with Crippen molar-refractivity contribution in [2.75, 3.05) is 0 Å². The van der Waals surface area contributed by atoms with Gasteiger partial charge in [0.1, 0.15) is 0 Å². The van der Waals surface area contributed by atoms with E-state index >= 15 is 0 Å². The van der Waals surface area contributed by atoms with Crippen LogP contribution >= 0.6 is 11.6 Å². The summed E-state index contributed by atoms with van der Waals surface area (Å²) < 4.78 is 0. The normalized spacial score (nSPS) is 11.4. The van der Waals surface area contributed by atoms with Crippen LogP contribution in [0.2, 0.25) is 5.02 Å². The highest BCUT2D eigenvalue weighted by Gasteiger charge is 2.23. The summed E-state index contributed by atoms with van der Waals surface area (Å²) in [6.07, 6.45) is 0. The third-order valence-electron chi connectivity index (χ3n) is 2.24. The number of benzene rings is 1. The van der Waals surface area contributed by atoms with Gasteiger partial charge >= 0.3 is 0 Å². The molecule has 82 valence electrons. The molecule has 0 unspecified atom stereocenters. The van der Waals surface area contributed by atoms with Crippen LogP contribution < -0.4 is 11.1 Å². The molecule has 3 nitrogen and oxygen atoms in total. The molecule has 1 amide bonds. The topological polar surface area (TPSA) is 55.1 Å². The first-order valence-corrected chi connectivity index (χ1v) is 5.09. The zero-order valence-electron chi connectivity index (χ0n) is 8.88. The minimum absolute atomic E-state index is 0.371. The number of nitrogens with two attached hydrogens (primary N) is 1. The maximum Gasteiger partial charge on any atom is 0.237 e. The van der Waals surface area contributed by atoms with Gasteiger partial charge in [-0.25, -0.2) is 0 Å². The molecule has 0 bridgehead atoms. The number of rotatable bonds is 4. The molecule has 0 aliphatic heterocycles. The first-order chi connectivity index (χ1) is 6.92. The molecule has 0 saturated heterocycles. The van der Waals surface area contributed by atoms with Crippen molar-refractivity contribution in [3.05, 3.63) is 34.9 Å². The molecular formula is C11H15ClN2O. The van der Waals surface area contributed by atoms with Crippen molar-refractivity contribution >= 4 is 17.5 Å². The Balaban J connectivity index is 2.61. The van der Waals surface area contributed by atoms with Gasteiger partial charge in [0.25, 0.3) is 0 Å². The standard InChI is InChI=1S/C11H15ClN2O/c1-11(2,10(13)15)14-7-8-4-3-5-9(12)6-8/h3-6,14H,7H2,1-2H3,(H2,13,15). The first-order valence-electron chi connectivity index (χ1n) is 4.71. The van der Waals surface area contributed by atoms with Crippen molar-refractivity contribution in [1.29, 1.82) is 0 Å². The van der Waals surface area contributed by atoms with Crippen LogP contribution in [-0.2, 0) is 11.3 Å². The molecule has 1 aromatic rings. The minimum Gasteiger partial charge on any atom is -0.368 e. The molecule has 0 saturated carbocycles. The first kappa shape index (κ1) is 12.0. The third kappa shape index (κ3) is 3.53. The number of carbonyl (C=O) groups is 1. The van der Waals surface area contributed by atoms with E-state index in [0.717, 1.165) is 5.56 Å². The predicted octanol–water partition coefficient (Wildman–Crippen LogP) is 1.69. The van der Waals surface area contributed by atoms with Gasteiger partial charge in [-0.05, 0) is 31.5 Å². The smallest absolute Gasteiger partial charge is 0.237 e. The highest BCUT2D eigenvalue weighted by Crippen LogP contribution is 2.11. The summed E-state index contributed by atoms with van der Waals surface area (Å²) in [5.41, 5.74) is 5.56. The van der Waals surface area contributed by atoms with Crippen molar-refractivity contribution in [3.63, 3.8) is 0 Å². The second-order valence-electron chi connectivity index (χ2n) is 3.97. The summed E-state index contributed by atoms with van der Waals surface area (Å²) >= 11 is 5.84. The fourth-order valence-electron chi connectivity index (χ4n) is 1.06. The van der Waals surface area contributed by atoms with E-state index in [0.29, 0.717) is 11.6 Å². The highest BCUT2D eigenvalue weighted by molar-refractivity contribution is 6.30. The Kier molecular flexibility index (Phi) is 3.72. The molecule has 0 atom stereocenters. The Morgan fingerprint density at radius 2 is 2.20 bits per heavy atom. The predicted molar refractivity (Wildman–Crippen MR) is 61.6 cm³/mol. The van der Waals surface area contributed by atoms with Gasteiger partial charge in [0.2, 0.25) is 5.91 Å². The number of halogens is 1. The molecule has 0 aliphatic rings. The summed E-state index contributed by atoms with van der Waals surface area (Å²) in [5, 5.41) is 3.76.